The number of hydrogen-bond acceptors (Lipinski definition) is 6. The summed E-state index contributed by atoms with van der Waals surface area (Å²) in [5, 5.41) is 8.68. The third kappa shape index (κ3) is 4.57. The van der Waals surface area contributed by atoms with Gasteiger partial charge in [-0.2, -0.15) is 5.10 Å². The summed E-state index contributed by atoms with van der Waals surface area (Å²) in [5.41, 5.74) is 8.54. The molecule has 1 unspecified atom stereocenters. The maximum absolute atomic E-state index is 12.1. The molecule has 1 aromatic carbocycles. The molecule has 1 amide bonds. The molecule has 31 heavy (non-hydrogen) atoms. The van der Waals surface area contributed by atoms with E-state index in [4.69, 9.17) is 10.8 Å². The van der Waals surface area contributed by atoms with Gasteiger partial charge in [-0.3, -0.25) is 4.79 Å². The first-order chi connectivity index (χ1) is 15.2. The van der Waals surface area contributed by atoms with Crippen molar-refractivity contribution in [2.45, 2.75) is 25.4 Å². The van der Waals surface area contributed by atoms with E-state index in [1.54, 1.807) is 4.90 Å². The predicted molar refractivity (Wildman–Crippen MR) is 120 cm³/mol. The predicted octanol–water partition coefficient (Wildman–Crippen LogP) is 1.90. The Labute approximate surface area is 181 Å². The van der Waals surface area contributed by atoms with Gasteiger partial charge in [-0.25, -0.2) is 14.6 Å². The Morgan fingerprint density at radius 2 is 2.16 bits per heavy atom. The first-order valence-corrected chi connectivity index (χ1v) is 10.3. The van der Waals surface area contributed by atoms with Crippen LogP contribution in [-0.4, -0.2) is 50.2 Å². The molecule has 0 radical (unpaired) electrons. The SMILES string of the molecule is C=CC(=O)N1CCCC(n2nc(C#CCNCc3ccccc3)c3c(N)ncnc32)C1. The van der Waals surface area contributed by atoms with Gasteiger partial charge in [0.25, 0.3) is 0 Å². The Kier molecular flexibility index (Phi) is 6.24. The van der Waals surface area contributed by atoms with E-state index in [0.717, 1.165) is 25.9 Å². The molecule has 1 atom stereocenters. The highest BCUT2D eigenvalue weighted by Gasteiger charge is 2.27. The lowest BCUT2D eigenvalue weighted by Crippen LogP contribution is -2.40. The molecule has 1 aliphatic heterocycles. The van der Waals surface area contributed by atoms with E-state index >= 15 is 0 Å². The minimum Gasteiger partial charge on any atom is -0.383 e. The van der Waals surface area contributed by atoms with Crippen molar-refractivity contribution in [3.05, 3.63) is 60.6 Å². The summed E-state index contributed by atoms with van der Waals surface area (Å²) in [4.78, 5) is 22.4. The second-order valence-corrected chi connectivity index (χ2v) is 7.43. The number of anilines is 1. The van der Waals surface area contributed by atoms with Crippen LogP contribution in [0.25, 0.3) is 11.0 Å². The van der Waals surface area contributed by atoms with Gasteiger partial charge in [0.1, 0.15) is 17.8 Å². The summed E-state index contributed by atoms with van der Waals surface area (Å²) in [6, 6.07) is 10.2. The summed E-state index contributed by atoms with van der Waals surface area (Å²) in [5.74, 6) is 6.52. The number of piperidine rings is 1. The first-order valence-electron chi connectivity index (χ1n) is 10.3. The molecular weight excluding hydrogens is 390 g/mol. The second kappa shape index (κ2) is 9.41. The van der Waals surface area contributed by atoms with Crippen molar-refractivity contribution in [1.82, 2.24) is 30.0 Å². The molecule has 3 heterocycles. The largest absolute Gasteiger partial charge is 0.383 e. The summed E-state index contributed by atoms with van der Waals surface area (Å²) in [6.45, 7) is 6.12. The molecule has 1 fully saturated rings. The van der Waals surface area contributed by atoms with Gasteiger partial charge in [0.2, 0.25) is 5.91 Å². The smallest absolute Gasteiger partial charge is 0.246 e. The van der Waals surface area contributed by atoms with Gasteiger partial charge < -0.3 is 16.0 Å². The summed E-state index contributed by atoms with van der Waals surface area (Å²) >= 11 is 0. The van der Waals surface area contributed by atoms with E-state index in [9.17, 15) is 4.79 Å². The standard InChI is InChI=1S/C23H25N7O/c1-2-20(31)29-13-7-10-18(15-29)30-23-21(22(24)26-16-27-23)19(28-30)11-6-12-25-14-17-8-4-3-5-9-17/h2-5,8-9,16,18,25H,1,7,10,12-15H2,(H2,24,26,27). The molecule has 0 spiro atoms. The molecule has 4 rings (SSSR count). The highest BCUT2D eigenvalue weighted by atomic mass is 16.2. The van der Waals surface area contributed by atoms with Crippen LogP contribution in [0.15, 0.2) is 49.3 Å². The van der Waals surface area contributed by atoms with Crippen LogP contribution in [-0.2, 0) is 11.3 Å². The fraction of sp³-hybridized carbons (Fsp3) is 0.304. The van der Waals surface area contributed by atoms with Gasteiger partial charge in [-0.1, -0.05) is 42.8 Å². The molecule has 3 N–H and O–H groups in total. The number of carbonyl (C=O) groups is 1. The van der Waals surface area contributed by atoms with Crippen LogP contribution in [0.3, 0.4) is 0 Å². The van der Waals surface area contributed by atoms with Gasteiger partial charge in [0.15, 0.2) is 5.65 Å². The van der Waals surface area contributed by atoms with Crippen LogP contribution in [0.4, 0.5) is 5.82 Å². The van der Waals surface area contributed by atoms with E-state index in [0.29, 0.717) is 35.6 Å². The van der Waals surface area contributed by atoms with Crippen molar-refractivity contribution in [2.75, 3.05) is 25.4 Å². The fourth-order valence-corrected chi connectivity index (χ4v) is 3.81. The molecule has 3 aromatic rings. The van der Waals surface area contributed by atoms with Gasteiger partial charge in [0, 0.05) is 19.6 Å². The molecule has 1 saturated heterocycles. The van der Waals surface area contributed by atoms with E-state index in [2.05, 4.69) is 45.8 Å². The zero-order valence-electron chi connectivity index (χ0n) is 17.3. The van der Waals surface area contributed by atoms with Gasteiger partial charge in [-0.15, -0.1) is 0 Å². The number of nitrogens with zero attached hydrogens (tertiary/aromatic N) is 5. The van der Waals surface area contributed by atoms with Crippen molar-refractivity contribution >= 4 is 22.8 Å². The first kappa shape index (κ1) is 20.6. The van der Waals surface area contributed by atoms with Crippen LogP contribution >= 0.6 is 0 Å². The molecular formula is C23H25N7O. The molecule has 8 nitrogen and oxygen atoms in total. The molecule has 8 heteroatoms. The Bertz CT molecular complexity index is 1140. The number of carbonyl (C=O) groups excluding carboxylic acids is 1. The van der Waals surface area contributed by atoms with Crippen molar-refractivity contribution in [1.29, 1.82) is 0 Å². The summed E-state index contributed by atoms with van der Waals surface area (Å²) in [7, 11) is 0. The van der Waals surface area contributed by atoms with Crippen molar-refractivity contribution in [3.8, 4) is 11.8 Å². The van der Waals surface area contributed by atoms with Gasteiger partial charge >= 0.3 is 0 Å². The molecule has 0 bridgehead atoms. The number of hydrogen-bond donors (Lipinski definition) is 2. The van der Waals surface area contributed by atoms with E-state index in [1.807, 2.05) is 22.9 Å². The lowest BCUT2D eigenvalue weighted by atomic mass is 10.1. The topological polar surface area (TPSA) is 102 Å². The number of nitrogens with one attached hydrogen (secondary N) is 1. The number of fused-ring (bicyclic) bond motifs is 1. The van der Waals surface area contributed by atoms with Crippen molar-refractivity contribution < 1.29 is 4.79 Å². The molecule has 2 aromatic heterocycles. The van der Waals surface area contributed by atoms with E-state index in [1.165, 1.54) is 18.0 Å². The number of nitrogens with two attached hydrogens (primary N) is 1. The lowest BCUT2D eigenvalue weighted by molar-refractivity contribution is -0.127. The fourth-order valence-electron chi connectivity index (χ4n) is 3.81. The number of likely N-dealkylation sites (tertiary alicyclic amines) is 1. The van der Waals surface area contributed by atoms with E-state index < -0.39 is 0 Å². The van der Waals surface area contributed by atoms with Crippen molar-refractivity contribution in [2.24, 2.45) is 0 Å². The van der Waals surface area contributed by atoms with Crippen LogP contribution in [0, 0.1) is 11.8 Å². The minimum atomic E-state index is -0.0696. The van der Waals surface area contributed by atoms with Gasteiger partial charge in [-0.05, 0) is 30.4 Å². The number of amides is 1. The van der Waals surface area contributed by atoms with Crippen LogP contribution < -0.4 is 11.1 Å². The Morgan fingerprint density at radius 3 is 2.97 bits per heavy atom. The number of benzene rings is 1. The molecule has 0 saturated carbocycles. The van der Waals surface area contributed by atoms with Crippen LogP contribution in [0.1, 0.15) is 30.1 Å². The average Bonchev–Trinajstić information content (AvgIpc) is 3.19. The highest BCUT2D eigenvalue weighted by molar-refractivity contribution is 5.90. The van der Waals surface area contributed by atoms with Crippen LogP contribution in [0.2, 0.25) is 0 Å². The summed E-state index contributed by atoms with van der Waals surface area (Å²) in [6.07, 6.45) is 4.57. The number of aromatic nitrogens is 4. The average molecular weight is 416 g/mol. The van der Waals surface area contributed by atoms with Crippen LogP contribution in [0.5, 0.6) is 0 Å². The molecule has 0 aliphatic carbocycles. The normalized spacial score (nSPS) is 16.0. The third-order valence-corrected chi connectivity index (χ3v) is 5.34. The minimum absolute atomic E-state index is 0.00112. The lowest BCUT2D eigenvalue weighted by Gasteiger charge is -2.32. The molecule has 1 aliphatic rings. The second-order valence-electron chi connectivity index (χ2n) is 7.43. The van der Waals surface area contributed by atoms with Gasteiger partial charge in [0.05, 0.1) is 18.0 Å². The Morgan fingerprint density at radius 1 is 1.32 bits per heavy atom. The highest BCUT2D eigenvalue weighted by Crippen LogP contribution is 2.28. The monoisotopic (exact) mass is 415 g/mol. The Balaban J connectivity index is 1.55. The molecule has 158 valence electrons. The number of nitrogen functional groups attached to an aromatic ring is 1. The Hall–Kier alpha value is -3.70. The van der Waals surface area contributed by atoms with E-state index in [-0.39, 0.29) is 11.9 Å². The zero-order chi connectivity index (χ0) is 21.6. The maximum Gasteiger partial charge on any atom is 0.246 e. The maximum atomic E-state index is 12.1. The zero-order valence-corrected chi connectivity index (χ0v) is 17.3. The quantitative estimate of drug-likeness (QED) is 0.375. The summed E-state index contributed by atoms with van der Waals surface area (Å²) < 4.78 is 1.84. The number of rotatable bonds is 5. The third-order valence-electron chi connectivity index (χ3n) is 5.34. The van der Waals surface area contributed by atoms with Crippen molar-refractivity contribution in [3.63, 3.8) is 0 Å².